The van der Waals surface area contributed by atoms with Crippen LogP contribution in [0.5, 0.6) is 5.75 Å². The summed E-state index contributed by atoms with van der Waals surface area (Å²) in [5, 5.41) is 22.7. The summed E-state index contributed by atoms with van der Waals surface area (Å²) >= 11 is 2.53. The van der Waals surface area contributed by atoms with Gasteiger partial charge < -0.3 is 9.84 Å². The second kappa shape index (κ2) is 8.52. The summed E-state index contributed by atoms with van der Waals surface area (Å²) in [6, 6.07) is 6.88. The number of benzene rings is 1. The minimum Gasteiger partial charge on any atom is -0.502 e. The van der Waals surface area contributed by atoms with Crippen LogP contribution in [0.4, 0.5) is 5.69 Å². The summed E-state index contributed by atoms with van der Waals surface area (Å²) in [7, 11) is 0. The van der Waals surface area contributed by atoms with Crippen molar-refractivity contribution in [2.24, 2.45) is 4.99 Å². The number of aromatic hydroxyl groups is 1. The van der Waals surface area contributed by atoms with E-state index in [1.54, 1.807) is 13.8 Å². The van der Waals surface area contributed by atoms with E-state index in [4.69, 9.17) is 4.74 Å². The minimum absolute atomic E-state index is 0.191. The van der Waals surface area contributed by atoms with E-state index in [1.807, 2.05) is 17.5 Å². The number of nitro groups is 1. The average molecular weight is 472 g/mol. The third kappa shape index (κ3) is 3.76. The number of fused-ring (bicyclic) bond motifs is 1. The maximum atomic E-state index is 13.4. The predicted molar refractivity (Wildman–Crippen MR) is 119 cm³/mol. The number of nitro benzene ring substituents is 1. The lowest BCUT2D eigenvalue weighted by Crippen LogP contribution is -2.39. The molecule has 0 radical (unpaired) electrons. The molecular formula is C21H17N3O6S2. The molecule has 1 unspecified atom stereocenters. The van der Waals surface area contributed by atoms with Crippen molar-refractivity contribution in [3.63, 3.8) is 0 Å². The Morgan fingerprint density at radius 1 is 1.41 bits per heavy atom. The Bertz CT molecular complexity index is 1430. The molecule has 3 heterocycles. The molecule has 1 atom stereocenters. The highest BCUT2D eigenvalue weighted by Gasteiger charge is 2.33. The average Bonchev–Trinajstić information content (AvgIpc) is 3.37. The number of thiophene rings is 1. The molecular weight excluding hydrogens is 454 g/mol. The molecule has 0 saturated heterocycles. The summed E-state index contributed by atoms with van der Waals surface area (Å²) in [4.78, 5) is 42.2. The van der Waals surface area contributed by atoms with Crippen LogP contribution in [0.25, 0.3) is 6.08 Å². The number of rotatable bonds is 5. The van der Waals surface area contributed by atoms with Crippen LogP contribution in [0, 0.1) is 10.1 Å². The number of hydrogen-bond acceptors (Lipinski definition) is 9. The number of esters is 1. The molecule has 1 N–H and O–H groups in total. The smallest absolute Gasteiger partial charge is 0.338 e. The van der Waals surface area contributed by atoms with Gasteiger partial charge in [-0.15, -0.1) is 11.3 Å². The van der Waals surface area contributed by atoms with Gasteiger partial charge in [-0.2, -0.15) is 0 Å². The Morgan fingerprint density at radius 3 is 2.84 bits per heavy atom. The maximum Gasteiger partial charge on any atom is 0.338 e. The molecule has 32 heavy (non-hydrogen) atoms. The number of allylic oxidation sites excluding steroid dienone is 1. The normalized spacial score (nSPS) is 15.9. The van der Waals surface area contributed by atoms with Gasteiger partial charge in [0.25, 0.3) is 5.56 Å². The second-order valence-corrected chi connectivity index (χ2v) is 8.81. The minimum atomic E-state index is -0.694. The molecule has 2 aromatic heterocycles. The van der Waals surface area contributed by atoms with Gasteiger partial charge in [0, 0.05) is 10.9 Å². The molecule has 11 heteroatoms. The van der Waals surface area contributed by atoms with Crippen molar-refractivity contribution in [2.75, 3.05) is 6.61 Å². The van der Waals surface area contributed by atoms with Gasteiger partial charge in [-0.25, -0.2) is 9.79 Å². The van der Waals surface area contributed by atoms with E-state index >= 15 is 0 Å². The zero-order valence-corrected chi connectivity index (χ0v) is 18.6. The summed E-state index contributed by atoms with van der Waals surface area (Å²) in [6.07, 6.45) is 1.51. The molecule has 0 aliphatic carbocycles. The molecule has 1 aliphatic heterocycles. The van der Waals surface area contributed by atoms with Gasteiger partial charge in [-0.05, 0) is 43.0 Å². The SMILES string of the molecule is CCOC(=O)C1=C(C)N=c2sc(=Cc3ccc(O)c([N+](=O)[O-])c3)c(=O)n2C1c1cccs1. The van der Waals surface area contributed by atoms with Crippen LogP contribution in [-0.4, -0.2) is 27.2 Å². The quantitative estimate of drug-likeness (QED) is 0.346. The van der Waals surface area contributed by atoms with Gasteiger partial charge >= 0.3 is 11.7 Å². The molecule has 0 fully saturated rings. The summed E-state index contributed by atoms with van der Waals surface area (Å²) < 4.78 is 6.97. The zero-order chi connectivity index (χ0) is 23.0. The number of ether oxygens (including phenoxy) is 1. The van der Waals surface area contributed by atoms with E-state index < -0.39 is 28.4 Å². The van der Waals surface area contributed by atoms with Crippen molar-refractivity contribution in [3.05, 3.63) is 87.2 Å². The Labute approximate surface area is 189 Å². The number of thiazole rings is 1. The van der Waals surface area contributed by atoms with E-state index in [9.17, 15) is 24.8 Å². The number of aromatic nitrogens is 1. The fourth-order valence-electron chi connectivity index (χ4n) is 3.44. The van der Waals surface area contributed by atoms with E-state index in [1.165, 1.54) is 40.2 Å². The highest BCUT2D eigenvalue weighted by molar-refractivity contribution is 7.10. The van der Waals surface area contributed by atoms with Crippen LogP contribution in [0.15, 0.2) is 56.8 Å². The van der Waals surface area contributed by atoms with E-state index in [2.05, 4.69) is 4.99 Å². The Kier molecular flexibility index (Phi) is 5.76. The number of hydrogen-bond donors (Lipinski definition) is 1. The third-order valence-electron chi connectivity index (χ3n) is 4.82. The van der Waals surface area contributed by atoms with Crippen LogP contribution >= 0.6 is 22.7 Å². The van der Waals surface area contributed by atoms with Gasteiger partial charge in [0.1, 0.15) is 6.04 Å². The molecule has 0 saturated carbocycles. The molecule has 3 aromatic rings. The summed E-state index contributed by atoms with van der Waals surface area (Å²) in [6.45, 7) is 3.60. The van der Waals surface area contributed by atoms with Crippen LogP contribution in [-0.2, 0) is 9.53 Å². The highest BCUT2D eigenvalue weighted by Crippen LogP contribution is 2.33. The monoisotopic (exact) mass is 471 g/mol. The van der Waals surface area contributed by atoms with Crippen molar-refractivity contribution < 1.29 is 19.6 Å². The third-order valence-corrected chi connectivity index (χ3v) is 6.73. The van der Waals surface area contributed by atoms with Crippen LogP contribution in [0.3, 0.4) is 0 Å². The van der Waals surface area contributed by atoms with Gasteiger partial charge in [-0.1, -0.05) is 23.5 Å². The first kappa shape index (κ1) is 21.7. The first-order valence-electron chi connectivity index (χ1n) is 9.52. The predicted octanol–water partition coefficient (Wildman–Crippen LogP) is 2.47. The van der Waals surface area contributed by atoms with Gasteiger partial charge in [0.2, 0.25) is 0 Å². The molecule has 164 valence electrons. The molecule has 9 nitrogen and oxygen atoms in total. The van der Waals surface area contributed by atoms with Crippen molar-refractivity contribution in [2.45, 2.75) is 19.9 Å². The number of phenols is 1. The van der Waals surface area contributed by atoms with E-state index in [0.29, 0.717) is 26.2 Å². The molecule has 1 aromatic carbocycles. The first-order chi connectivity index (χ1) is 15.3. The standard InChI is InChI=1S/C21H17N3O6S2/c1-3-30-20(27)17-11(2)22-21-23(18(17)15-5-4-8-31-15)19(26)16(32-21)10-12-6-7-14(25)13(9-12)24(28)29/h4-10,18,25H,3H2,1-2H3. The van der Waals surface area contributed by atoms with Crippen LogP contribution in [0.2, 0.25) is 0 Å². The largest absolute Gasteiger partial charge is 0.502 e. The van der Waals surface area contributed by atoms with Crippen molar-refractivity contribution in [1.29, 1.82) is 0 Å². The summed E-state index contributed by atoms with van der Waals surface area (Å²) in [5.74, 6) is -0.989. The van der Waals surface area contributed by atoms with Gasteiger partial charge in [-0.3, -0.25) is 19.5 Å². The second-order valence-electron chi connectivity index (χ2n) is 6.82. The maximum absolute atomic E-state index is 13.4. The molecule has 0 bridgehead atoms. The van der Waals surface area contributed by atoms with Gasteiger partial charge in [0.05, 0.1) is 27.3 Å². The lowest BCUT2D eigenvalue weighted by molar-refractivity contribution is -0.385. The molecule has 0 spiro atoms. The molecule has 0 amide bonds. The van der Waals surface area contributed by atoms with Crippen molar-refractivity contribution in [3.8, 4) is 5.75 Å². The Hall–Kier alpha value is -3.57. The lowest BCUT2D eigenvalue weighted by atomic mass is 10.0. The zero-order valence-electron chi connectivity index (χ0n) is 17.0. The highest BCUT2D eigenvalue weighted by atomic mass is 32.1. The van der Waals surface area contributed by atoms with Crippen molar-refractivity contribution >= 4 is 40.4 Å². The van der Waals surface area contributed by atoms with Crippen molar-refractivity contribution in [1.82, 2.24) is 4.57 Å². The Balaban J connectivity index is 1.92. The number of nitrogens with zero attached hydrogens (tertiary/aromatic N) is 3. The fraction of sp³-hybridized carbons (Fsp3) is 0.190. The van der Waals surface area contributed by atoms with E-state index in [0.717, 1.165) is 16.2 Å². The first-order valence-corrected chi connectivity index (χ1v) is 11.2. The molecule has 4 rings (SSSR count). The number of carbonyl (C=O) groups is 1. The number of carbonyl (C=O) groups excluding carboxylic acids is 1. The fourth-order valence-corrected chi connectivity index (χ4v) is 5.31. The summed E-state index contributed by atoms with van der Waals surface area (Å²) in [5.41, 5.74) is 0.317. The lowest BCUT2D eigenvalue weighted by Gasteiger charge is -2.23. The van der Waals surface area contributed by atoms with Crippen LogP contribution < -0.4 is 14.9 Å². The molecule has 1 aliphatic rings. The Morgan fingerprint density at radius 2 is 2.19 bits per heavy atom. The van der Waals surface area contributed by atoms with Crippen LogP contribution in [0.1, 0.15) is 30.3 Å². The topological polar surface area (TPSA) is 124 Å². The van der Waals surface area contributed by atoms with Gasteiger partial charge in [0.15, 0.2) is 10.6 Å². The number of phenolic OH excluding ortho intramolecular Hbond substituents is 1. The van der Waals surface area contributed by atoms with E-state index in [-0.39, 0.29) is 12.2 Å².